The number of hydrogen-bond acceptors (Lipinski definition) is 1. The van der Waals surface area contributed by atoms with Gasteiger partial charge in [0.05, 0.1) is 5.02 Å². The highest BCUT2D eigenvalue weighted by molar-refractivity contribution is 6.31. The maximum absolute atomic E-state index is 13.8. The quantitative estimate of drug-likeness (QED) is 0.823. The summed E-state index contributed by atoms with van der Waals surface area (Å²) in [6, 6.07) is 12.5. The zero-order valence-electron chi connectivity index (χ0n) is 8.80. The van der Waals surface area contributed by atoms with Crippen molar-refractivity contribution in [2.24, 2.45) is 0 Å². The fourth-order valence-corrected chi connectivity index (χ4v) is 1.74. The smallest absolute Gasteiger partial charge is 0.149 e. The second-order valence-electron chi connectivity index (χ2n) is 3.43. The number of benzene rings is 2. The normalized spacial score (nSPS) is 10.2. The predicted molar refractivity (Wildman–Crippen MR) is 66.4 cm³/mol. The third-order valence-electron chi connectivity index (χ3n) is 2.41. The summed E-state index contributed by atoms with van der Waals surface area (Å²) in [6.07, 6.45) is 0. The maximum atomic E-state index is 13.8. The van der Waals surface area contributed by atoms with Crippen molar-refractivity contribution in [2.45, 2.75) is 0 Å². The average molecular weight is 236 g/mol. The molecule has 0 aliphatic carbocycles. The van der Waals surface area contributed by atoms with Gasteiger partial charge in [-0.05, 0) is 23.8 Å². The van der Waals surface area contributed by atoms with Gasteiger partial charge in [-0.2, -0.15) is 0 Å². The fraction of sp³-hybridized carbons (Fsp3) is 0.0769. The molecule has 0 amide bonds. The molecule has 0 radical (unpaired) electrons. The lowest BCUT2D eigenvalue weighted by Gasteiger charge is -2.07. The van der Waals surface area contributed by atoms with Crippen LogP contribution >= 0.6 is 11.6 Å². The number of hydrogen-bond donors (Lipinski definition) is 1. The molecule has 2 aromatic rings. The molecule has 0 heterocycles. The van der Waals surface area contributed by atoms with Crippen molar-refractivity contribution in [3.05, 3.63) is 53.3 Å². The van der Waals surface area contributed by atoms with Gasteiger partial charge < -0.3 is 5.32 Å². The molecular weight excluding hydrogens is 225 g/mol. The van der Waals surface area contributed by atoms with Crippen LogP contribution in [-0.2, 0) is 0 Å². The third-order valence-corrected chi connectivity index (χ3v) is 2.71. The zero-order chi connectivity index (χ0) is 11.5. The average Bonchev–Trinajstić information content (AvgIpc) is 2.33. The molecule has 0 atom stereocenters. The van der Waals surface area contributed by atoms with E-state index in [2.05, 4.69) is 5.32 Å². The van der Waals surface area contributed by atoms with Crippen LogP contribution in [0.15, 0.2) is 42.5 Å². The van der Waals surface area contributed by atoms with Crippen LogP contribution in [-0.4, -0.2) is 7.05 Å². The summed E-state index contributed by atoms with van der Waals surface area (Å²) in [5.74, 6) is -0.377. The molecule has 0 aliphatic rings. The van der Waals surface area contributed by atoms with Crippen molar-refractivity contribution in [1.82, 2.24) is 0 Å². The predicted octanol–water partition coefficient (Wildman–Crippen LogP) is 4.19. The van der Waals surface area contributed by atoms with E-state index >= 15 is 0 Å². The van der Waals surface area contributed by atoms with Crippen molar-refractivity contribution in [2.75, 3.05) is 12.4 Å². The second kappa shape index (κ2) is 4.54. The molecule has 0 saturated carbocycles. The summed E-state index contributed by atoms with van der Waals surface area (Å²) in [6.45, 7) is 0. The van der Waals surface area contributed by atoms with Gasteiger partial charge in [-0.15, -0.1) is 0 Å². The lowest BCUT2D eigenvalue weighted by Crippen LogP contribution is -1.89. The summed E-state index contributed by atoms with van der Waals surface area (Å²) < 4.78 is 13.8. The minimum absolute atomic E-state index is 0.146. The molecule has 3 heteroatoms. The molecule has 1 N–H and O–H groups in total. The Morgan fingerprint density at radius 2 is 1.88 bits per heavy atom. The Bertz CT molecular complexity index is 511. The molecule has 2 aromatic carbocycles. The Morgan fingerprint density at radius 3 is 2.62 bits per heavy atom. The van der Waals surface area contributed by atoms with E-state index in [9.17, 15) is 4.39 Å². The molecule has 0 saturated heterocycles. The maximum Gasteiger partial charge on any atom is 0.149 e. The number of nitrogens with one attached hydrogen (secondary N) is 1. The second-order valence-corrected chi connectivity index (χ2v) is 3.84. The largest absolute Gasteiger partial charge is 0.388 e. The molecule has 0 spiro atoms. The molecule has 16 heavy (non-hydrogen) atoms. The van der Waals surface area contributed by atoms with Crippen LogP contribution in [0.1, 0.15) is 0 Å². The Labute approximate surface area is 98.9 Å². The van der Waals surface area contributed by atoms with E-state index in [1.807, 2.05) is 31.3 Å². The van der Waals surface area contributed by atoms with E-state index in [1.165, 1.54) is 0 Å². The summed E-state index contributed by atoms with van der Waals surface area (Å²) in [4.78, 5) is 0. The molecule has 82 valence electrons. The van der Waals surface area contributed by atoms with Gasteiger partial charge in [-0.3, -0.25) is 0 Å². The van der Waals surface area contributed by atoms with Crippen molar-refractivity contribution in [3.8, 4) is 11.1 Å². The molecule has 2 rings (SSSR count). The van der Waals surface area contributed by atoms with E-state index in [0.717, 1.165) is 11.3 Å². The van der Waals surface area contributed by atoms with Gasteiger partial charge in [0.1, 0.15) is 5.82 Å². The first-order valence-corrected chi connectivity index (χ1v) is 5.32. The lowest BCUT2D eigenvalue weighted by molar-refractivity contribution is 0.632. The van der Waals surface area contributed by atoms with Gasteiger partial charge in [0.25, 0.3) is 0 Å². The highest BCUT2D eigenvalue weighted by atomic mass is 35.5. The van der Waals surface area contributed by atoms with Crippen LogP contribution in [0, 0.1) is 5.82 Å². The van der Waals surface area contributed by atoms with E-state index in [-0.39, 0.29) is 10.8 Å². The first-order valence-electron chi connectivity index (χ1n) is 4.94. The minimum atomic E-state index is -0.377. The van der Waals surface area contributed by atoms with Gasteiger partial charge in [0, 0.05) is 18.3 Å². The van der Waals surface area contributed by atoms with E-state index in [4.69, 9.17) is 11.6 Å². The minimum Gasteiger partial charge on any atom is -0.388 e. The highest BCUT2D eigenvalue weighted by Gasteiger charge is 2.08. The van der Waals surface area contributed by atoms with Crippen molar-refractivity contribution in [3.63, 3.8) is 0 Å². The molecule has 1 nitrogen and oxygen atoms in total. The van der Waals surface area contributed by atoms with Crippen LogP contribution in [0.4, 0.5) is 10.1 Å². The van der Waals surface area contributed by atoms with Gasteiger partial charge in [-0.25, -0.2) is 4.39 Å². The summed E-state index contributed by atoms with van der Waals surface area (Å²) in [7, 11) is 1.83. The monoisotopic (exact) mass is 235 g/mol. The van der Waals surface area contributed by atoms with E-state index in [1.54, 1.807) is 18.2 Å². The van der Waals surface area contributed by atoms with Crippen LogP contribution in [0.5, 0.6) is 0 Å². The zero-order valence-corrected chi connectivity index (χ0v) is 9.55. The van der Waals surface area contributed by atoms with Gasteiger partial charge in [0.2, 0.25) is 0 Å². The topological polar surface area (TPSA) is 12.0 Å². The Morgan fingerprint density at radius 1 is 1.12 bits per heavy atom. The Balaban J connectivity index is 2.54. The van der Waals surface area contributed by atoms with Gasteiger partial charge in [0.15, 0.2) is 0 Å². The standard InChI is InChI=1S/C13H11ClFN/c1-16-10-5-2-4-9(8-10)11-6-3-7-12(14)13(11)15/h2-8,16H,1H3. The van der Waals surface area contributed by atoms with Gasteiger partial charge >= 0.3 is 0 Å². The summed E-state index contributed by atoms with van der Waals surface area (Å²) in [5.41, 5.74) is 2.27. The summed E-state index contributed by atoms with van der Waals surface area (Å²) >= 11 is 5.75. The first kappa shape index (κ1) is 11.0. The Hall–Kier alpha value is -1.54. The molecule has 0 bridgehead atoms. The van der Waals surface area contributed by atoms with Crippen molar-refractivity contribution in [1.29, 1.82) is 0 Å². The van der Waals surface area contributed by atoms with Gasteiger partial charge in [-0.1, -0.05) is 35.9 Å². The number of anilines is 1. The van der Waals surface area contributed by atoms with E-state index in [0.29, 0.717) is 5.56 Å². The Kier molecular flexibility index (Phi) is 3.11. The van der Waals surface area contributed by atoms with Crippen molar-refractivity contribution >= 4 is 17.3 Å². The van der Waals surface area contributed by atoms with Crippen LogP contribution in [0.25, 0.3) is 11.1 Å². The molecule has 0 unspecified atom stereocenters. The van der Waals surface area contributed by atoms with Crippen LogP contribution in [0.2, 0.25) is 5.02 Å². The molecule has 0 fully saturated rings. The molecule has 0 aliphatic heterocycles. The molecule has 0 aromatic heterocycles. The summed E-state index contributed by atoms with van der Waals surface area (Å²) in [5, 5.41) is 3.16. The highest BCUT2D eigenvalue weighted by Crippen LogP contribution is 2.28. The fourth-order valence-electron chi connectivity index (χ4n) is 1.57. The third kappa shape index (κ3) is 2.02. The first-order chi connectivity index (χ1) is 7.72. The van der Waals surface area contributed by atoms with Crippen molar-refractivity contribution < 1.29 is 4.39 Å². The lowest BCUT2D eigenvalue weighted by atomic mass is 10.0. The number of rotatable bonds is 2. The van der Waals surface area contributed by atoms with Crippen LogP contribution in [0.3, 0.4) is 0 Å². The van der Waals surface area contributed by atoms with E-state index < -0.39 is 0 Å². The van der Waals surface area contributed by atoms with Crippen LogP contribution < -0.4 is 5.32 Å². The molecular formula is C13H11ClFN. The SMILES string of the molecule is CNc1cccc(-c2cccc(Cl)c2F)c1. The number of halogens is 2.